The molecular weight excluding hydrogens is 396 g/mol. The van der Waals surface area contributed by atoms with Crippen LogP contribution in [0.5, 0.6) is 5.88 Å². The van der Waals surface area contributed by atoms with E-state index in [9.17, 15) is 9.59 Å². The lowest BCUT2D eigenvalue weighted by Gasteiger charge is -2.14. The molecule has 0 aliphatic rings. The Morgan fingerprint density at radius 1 is 1.06 bits per heavy atom. The maximum Gasteiger partial charge on any atom is 0.343 e. The van der Waals surface area contributed by atoms with Gasteiger partial charge in [0.05, 0.1) is 23.9 Å². The van der Waals surface area contributed by atoms with Crippen LogP contribution in [0.4, 0.5) is 5.69 Å². The Morgan fingerprint density at radius 3 is 2.65 bits per heavy atom. The van der Waals surface area contributed by atoms with Crippen molar-refractivity contribution in [1.29, 1.82) is 0 Å². The molecule has 0 fully saturated rings. The molecule has 0 aliphatic carbocycles. The molecule has 1 aromatic carbocycles. The molecule has 0 amide bonds. The summed E-state index contributed by atoms with van der Waals surface area (Å²) in [5.74, 6) is -0.207. The minimum absolute atomic E-state index is 0.0781. The first-order valence-corrected chi connectivity index (χ1v) is 9.73. The topological polar surface area (TPSA) is 95.3 Å². The van der Waals surface area contributed by atoms with E-state index in [-0.39, 0.29) is 12.2 Å². The van der Waals surface area contributed by atoms with Gasteiger partial charge in [0.2, 0.25) is 11.3 Å². The summed E-state index contributed by atoms with van der Waals surface area (Å²) in [6.07, 6.45) is 4.55. The van der Waals surface area contributed by atoms with Crippen molar-refractivity contribution in [3.8, 4) is 5.88 Å². The zero-order valence-corrected chi connectivity index (χ0v) is 16.8. The molecule has 8 heteroatoms. The first kappa shape index (κ1) is 20.1. The van der Waals surface area contributed by atoms with Crippen LogP contribution in [0.2, 0.25) is 0 Å². The number of ether oxygens (including phenoxy) is 2. The van der Waals surface area contributed by atoms with E-state index in [1.807, 2.05) is 30.3 Å². The van der Waals surface area contributed by atoms with E-state index in [2.05, 4.69) is 15.4 Å². The quantitative estimate of drug-likeness (QED) is 0.461. The standard InChI is InChI=1S/C23H20N4O4/c1-2-30-23(29)19-14-27(22-18(21(19)28)9-6-12-24-22)26-17-10-11-20(25-13-17)31-15-16-7-4-3-5-8-16/h3-14,26H,2,15H2,1H3. The lowest BCUT2D eigenvalue weighted by Crippen LogP contribution is -2.24. The Balaban J connectivity index is 1.58. The summed E-state index contributed by atoms with van der Waals surface area (Å²) in [5.41, 5.74) is 4.64. The maximum atomic E-state index is 12.7. The van der Waals surface area contributed by atoms with Crippen LogP contribution in [0, 0.1) is 0 Å². The molecule has 0 atom stereocenters. The minimum Gasteiger partial charge on any atom is -0.473 e. The number of benzene rings is 1. The zero-order chi connectivity index (χ0) is 21.6. The minimum atomic E-state index is -0.684. The molecule has 31 heavy (non-hydrogen) atoms. The zero-order valence-electron chi connectivity index (χ0n) is 16.8. The average molecular weight is 416 g/mol. The number of pyridine rings is 3. The van der Waals surface area contributed by atoms with E-state index in [1.54, 1.807) is 43.6 Å². The summed E-state index contributed by atoms with van der Waals surface area (Å²) in [6, 6.07) is 16.6. The Morgan fingerprint density at radius 2 is 1.90 bits per heavy atom. The van der Waals surface area contributed by atoms with Crippen LogP contribution in [0.25, 0.3) is 11.0 Å². The van der Waals surface area contributed by atoms with Gasteiger partial charge >= 0.3 is 5.97 Å². The highest BCUT2D eigenvalue weighted by Gasteiger charge is 2.17. The second kappa shape index (κ2) is 9.08. The van der Waals surface area contributed by atoms with Crippen molar-refractivity contribution in [2.24, 2.45) is 0 Å². The number of fused-ring (bicyclic) bond motifs is 1. The highest BCUT2D eigenvalue weighted by molar-refractivity contribution is 5.93. The van der Waals surface area contributed by atoms with Gasteiger partial charge in [0.1, 0.15) is 12.2 Å². The molecule has 8 nitrogen and oxygen atoms in total. The molecule has 3 heterocycles. The molecule has 4 rings (SSSR count). The van der Waals surface area contributed by atoms with Crippen LogP contribution in [-0.4, -0.2) is 27.2 Å². The van der Waals surface area contributed by atoms with Crippen molar-refractivity contribution >= 4 is 22.7 Å². The van der Waals surface area contributed by atoms with Gasteiger partial charge in [-0.15, -0.1) is 0 Å². The van der Waals surface area contributed by atoms with Gasteiger partial charge in [-0.25, -0.2) is 19.4 Å². The number of rotatable bonds is 7. The summed E-state index contributed by atoms with van der Waals surface area (Å²) < 4.78 is 12.2. The SMILES string of the molecule is CCOC(=O)c1cn(Nc2ccc(OCc3ccccc3)nc2)c2ncccc2c1=O. The number of nitrogens with one attached hydrogen (secondary N) is 1. The van der Waals surface area contributed by atoms with Gasteiger partial charge in [-0.2, -0.15) is 0 Å². The molecule has 0 saturated heterocycles. The molecule has 3 aromatic heterocycles. The third kappa shape index (κ3) is 4.53. The lowest BCUT2D eigenvalue weighted by molar-refractivity contribution is 0.0524. The number of hydrogen-bond donors (Lipinski definition) is 1. The second-order valence-electron chi connectivity index (χ2n) is 6.61. The number of aromatic nitrogens is 3. The largest absolute Gasteiger partial charge is 0.473 e. The van der Waals surface area contributed by atoms with E-state index >= 15 is 0 Å². The van der Waals surface area contributed by atoms with Crippen LogP contribution in [-0.2, 0) is 11.3 Å². The molecule has 0 bridgehead atoms. The van der Waals surface area contributed by atoms with E-state index in [4.69, 9.17) is 9.47 Å². The van der Waals surface area contributed by atoms with Crippen molar-refractivity contribution in [1.82, 2.24) is 14.6 Å². The third-order valence-corrected chi connectivity index (χ3v) is 4.47. The van der Waals surface area contributed by atoms with Gasteiger partial charge < -0.3 is 9.47 Å². The molecule has 0 radical (unpaired) electrons. The van der Waals surface area contributed by atoms with Gasteiger partial charge in [-0.3, -0.25) is 10.2 Å². The number of anilines is 1. The van der Waals surface area contributed by atoms with Crippen molar-refractivity contribution in [3.05, 3.63) is 94.5 Å². The number of hydrogen-bond acceptors (Lipinski definition) is 7. The van der Waals surface area contributed by atoms with E-state index in [0.717, 1.165) is 5.56 Å². The summed E-state index contributed by atoms with van der Waals surface area (Å²) >= 11 is 0. The predicted octanol–water partition coefficient (Wildman–Crippen LogP) is 3.42. The van der Waals surface area contributed by atoms with Crippen LogP contribution < -0.4 is 15.6 Å². The Kier molecular flexibility index (Phi) is 5.89. The molecule has 0 spiro atoms. The Labute approximate surface area is 178 Å². The number of nitrogens with zero attached hydrogens (tertiary/aromatic N) is 3. The first-order chi connectivity index (χ1) is 15.2. The van der Waals surface area contributed by atoms with Crippen molar-refractivity contribution in [2.75, 3.05) is 12.0 Å². The normalized spacial score (nSPS) is 10.6. The summed E-state index contributed by atoms with van der Waals surface area (Å²) in [4.78, 5) is 33.5. The maximum absolute atomic E-state index is 12.7. The molecule has 4 aromatic rings. The van der Waals surface area contributed by atoms with Gasteiger partial charge in [0.25, 0.3) is 0 Å². The third-order valence-electron chi connectivity index (χ3n) is 4.47. The number of carbonyl (C=O) groups excluding carboxylic acids is 1. The van der Waals surface area contributed by atoms with Crippen LogP contribution in [0.1, 0.15) is 22.8 Å². The average Bonchev–Trinajstić information content (AvgIpc) is 2.81. The lowest BCUT2D eigenvalue weighted by atomic mass is 10.2. The van der Waals surface area contributed by atoms with Gasteiger partial charge in [0.15, 0.2) is 5.65 Å². The van der Waals surface area contributed by atoms with Gasteiger partial charge in [0, 0.05) is 18.5 Å². The number of carbonyl (C=O) groups is 1. The van der Waals surface area contributed by atoms with Crippen molar-refractivity contribution in [3.63, 3.8) is 0 Å². The molecule has 0 unspecified atom stereocenters. The summed E-state index contributed by atoms with van der Waals surface area (Å²) in [6.45, 7) is 2.27. The molecule has 156 valence electrons. The fraction of sp³-hybridized carbons (Fsp3) is 0.130. The smallest absolute Gasteiger partial charge is 0.343 e. The van der Waals surface area contributed by atoms with Crippen LogP contribution in [0.3, 0.4) is 0 Å². The predicted molar refractivity (Wildman–Crippen MR) is 116 cm³/mol. The van der Waals surface area contributed by atoms with Crippen molar-refractivity contribution in [2.45, 2.75) is 13.5 Å². The highest BCUT2D eigenvalue weighted by Crippen LogP contribution is 2.16. The fourth-order valence-corrected chi connectivity index (χ4v) is 3.00. The van der Waals surface area contributed by atoms with E-state index < -0.39 is 11.4 Å². The van der Waals surface area contributed by atoms with Crippen molar-refractivity contribution < 1.29 is 14.3 Å². The monoisotopic (exact) mass is 416 g/mol. The van der Waals surface area contributed by atoms with E-state index in [1.165, 1.54) is 10.9 Å². The highest BCUT2D eigenvalue weighted by atomic mass is 16.5. The second-order valence-corrected chi connectivity index (χ2v) is 6.61. The van der Waals surface area contributed by atoms with Crippen LogP contribution >= 0.6 is 0 Å². The molecular formula is C23H20N4O4. The van der Waals surface area contributed by atoms with Gasteiger partial charge in [-0.05, 0) is 30.7 Å². The summed E-state index contributed by atoms with van der Waals surface area (Å²) in [5, 5.41) is 0.302. The Bertz CT molecular complexity index is 1250. The molecule has 0 saturated carbocycles. The Hall–Kier alpha value is -4.20. The summed E-state index contributed by atoms with van der Waals surface area (Å²) in [7, 11) is 0. The fourth-order valence-electron chi connectivity index (χ4n) is 3.00. The first-order valence-electron chi connectivity index (χ1n) is 9.73. The van der Waals surface area contributed by atoms with E-state index in [0.29, 0.717) is 29.2 Å². The molecule has 0 aliphatic heterocycles. The van der Waals surface area contributed by atoms with Crippen LogP contribution in [0.15, 0.2) is 78.0 Å². The van der Waals surface area contributed by atoms with Gasteiger partial charge in [-0.1, -0.05) is 30.3 Å². The molecule has 1 N–H and O–H groups in total. The number of esters is 1.